The van der Waals surface area contributed by atoms with E-state index in [2.05, 4.69) is 39.6 Å². The Labute approximate surface area is 126 Å². The molecule has 6 nitrogen and oxygen atoms in total. The average molecular weight is 293 g/mol. The van der Waals surface area contributed by atoms with Gasteiger partial charge in [-0.2, -0.15) is 4.98 Å². The topological polar surface area (TPSA) is 75.3 Å². The first-order valence-corrected chi connectivity index (χ1v) is 8.05. The van der Waals surface area contributed by atoms with Gasteiger partial charge in [-0.05, 0) is 38.5 Å². The highest BCUT2D eigenvalue weighted by Crippen LogP contribution is 2.26. The van der Waals surface area contributed by atoms with Gasteiger partial charge >= 0.3 is 0 Å². The van der Waals surface area contributed by atoms with Crippen LogP contribution in [0.2, 0.25) is 0 Å². The van der Waals surface area contributed by atoms with Crippen LogP contribution in [0.25, 0.3) is 0 Å². The lowest BCUT2D eigenvalue weighted by Gasteiger charge is -2.29. The van der Waals surface area contributed by atoms with Crippen LogP contribution in [0.3, 0.4) is 0 Å². The Morgan fingerprint density at radius 1 is 1.29 bits per heavy atom. The summed E-state index contributed by atoms with van der Waals surface area (Å²) in [5, 5.41) is 10.7. The van der Waals surface area contributed by atoms with E-state index in [1.54, 1.807) is 6.92 Å². The fourth-order valence-electron chi connectivity index (χ4n) is 2.78. The predicted molar refractivity (Wildman–Crippen MR) is 83.0 cm³/mol. The number of hydrogen-bond acceptors (Lipinski definition) is 4. The summed E-state index contributed by atoms with van der Waals surface area (Å²) >= 11 is 0. The van der Waals surface area contributed by atoms with Crippen molar-refractivity contribution in [2.24, 2.45) is 10.9 Å². The highest BCUT2D eigenvalue weighted by atomic mass is 16.5. The minimum Gasteiger partial charge on any atom is -0.357 e. The number of nitrogens with zero attached hydrogens (tertiary/aromatic N) is 3. The zero-order valence-corrected chi connectivity index (χ0v) is 13.4. The number of aromatic nitrogens is 2. The first kappa shape index (κ1) is 15.8. The minimum absolute atomic E-state index is 0.441. The second kappa shape index (κ2) is 8.00. The quantitative estimate of drug-likeness (QED) is 0.644. The van der Waals surface area contributed by atoms with Crippen LogP contribution >= 0.6 is 0 Å². The molecule has 2 N–H and O–H groups in total. The third-order valence-corrected chi connectivity index (χ3v) is 4.06. The number of nitrogens with one attached hydrogen (secondary N) is 2. The van der Waals surface area contributed by atoms with Crippen LogP contribution in [-0.4, -0.2) is 28.7 Å². The SMILES string of the molecule is CCNC(=NCc1noc(C)n1)NC1CCC(CC)CC1. The van der Waals surface area contributed by atoms with Gasteiger partial charge in [0.05, 0.1) is 0 Å². The number of hydrogen-bond donors (Lipinski definition) is 2. The summed E-state index contributed by atoms with van der Waals surface area (Å²) in [4.78, 5) is 8.71. The van der Waals surface area contributed by atoms with Crippen LogP contribution in [0, 0.1) is 12.8 Å². The van der Waals surface area contributed by atoms with Crippen LogP contribution in [-0.2, 0) is 6.54 Å². The summed E-state index contributed by atoms with van der Waals surface area (Å²) in [6.07, 6.45) is 6.39. The van der Waals surface area contributed by atoms with E-state index in [9.17, 15) is 0 Å². The zero-order valence-electron chi connectivity index (χ0n) is 13.4. The number of rotatable bonds is 5. The lowest BCUT2D eigenvalue weighted by atomic mass is 9.84. The van der Waals surface area contributed by atoms with Crippen LogP contribution < -0.4 is 10.6 Å². The highest BCUT2D eigenvalue weighted by Gasteiger charge is 2.20. The smallest absolute Gasteiger partial charge is 0.223 e. The minimum atomic E-state index is 0.441. The molecule has 1 aliphatic rings. The molecule has 1 aromatic heterocycles. The molecule has 0 unspecified atom stereocenters. The van der Waals surface area contributed by atoms with Crippen LogP contribution in [0.4, 0.5) is 0 Å². The van der Waals surface area contributed by atoms with Crippen molar-refractivity contribution in [1.29, 1.82) is 0 Å². The fraction of sp³-hybridized carbons (Fsp3) is 0.800. The zero-order chi connectivity index (χ0) is 15.1. The molecule has 6 heteroatoms. The number of guanidine groups is 1. The summed E-state index contributed by atoms with van der Waals surface area (Å²) in [6, 6.07) is 0.526. The second-order valence-electron chi connectivity index (χ2n) is 5.70. The molecule has 0 radical (unpaired) electrons. The van der Waals surface area contributed by atoms with E-state index in [4.69, 9.17) is 4.52 Å². The molecule has 1 saturated carbocycles. The van der Waals surface area contributed by atoms with Gasteiger partial charge in [0.2, 0.25) is 5.89 Å². The molecule has 1 aromatic rings. The molecule has 1 aliphatic carbocycles. The maximum atomic E-state index is 4.96. The summed E-state index contributed by atoms with van der Waals surface area (Å²) in [5.41, 5.74) is 0. The number of aryl methyl sites for hydroxylation is 1. The Hall–Kier alpha value is -1.59. The molecular formula is C15H27N5O. The van der Waals surface area contributed by atoms with Crippen molar-refractivity contribution in [2.75, 3.05) is 6.54 Å². The average Bonchev–Trinajstić information content (AvgIpc) is 2.91. The van der Waals surface area contributed by atoms with Gasteiger partial charge in [-0.15, -0.1) is 0 Å². The molecule has 0 atom stereocenters. The maximum absolute atomic E-state index is 4.96. The van der Waals surface area contributed by atoms with E-state index in [1.807, 2.05) is 0 Å². The largest absolute Gasteiger partial charge is 0.357 e. The summed E-state index contributed by atoms with van der Waals surface area (Å²) < 4.78 is 4.96. The standard InChI is InChI=1S/C15H27N5O/c1-4-12-6-8-13(9-7-12)19-15(16-5-2)17-10-14-18-11(3)21-20-14/h12-13H,4-10H2,1-3H3,(H2,16,17,19). The van der Waals surface area contributed by atoms with E-state index in [-0.39, 0.29) is 0 Å². The predicted octanol–water partition coefficient (Wildman–Crippen LogP) is 2.40. The number of aliphatic imine (C=N–C) groups is 1. The van der Waals surface area contributed by atoms with Gasteiger partial charge in [-0.25, -0.2) is 4.99 Å². The Kier molecular flexibility index (Phi) is 6.02. The molecule has 1 fully saturated rings. The first-order chi connectivity index (χ1) is 10.2. The van der Waals surface area contributed by atoms with Crippen molar-refractivity contribution in [3.05, 3.63) is 11.7 Å². The second-order valence-corrected chi connectivity index (χ2v) is 5.70. The highest BCUT2D eigenvalue weighted by molar-refractivity contribution is 5.80. The Morgan fingerprint density at radius 3 is 2.62 bits per heavy atom. The summed E-state index contributed by atoms with van der Waals surface area (Å²) in [7, 11) is 0. The van der Waals surface area contributed by atoms with Gasteiger partial charge in [0.15, 0.2) is 11.8 Å². The van der Waals surface area contributed by atoms with E-state index in [0.717, 1.165) is 18.4 Å². The molecule has 0 bridgehead atoms. The molecule has 1 heterocycles. The molecule has 0 spiro atoms. The molecule has 0 saturated heterocycles. The van der Waals surface area contributed by atoms with Gasteiger partial charge in [0, 0.05) is 19.5 Å². The lowest BCUT2D eigenvalue weighted by Crippen LogP contribution is -2.44. The molecule has 21 heavy (non-hydrogen) atoms. The Morgan fingerprint density at radius 2 is 2.05 bits per heavy atom. The van der Waals surface area contributed by atoms with Crippen molar-refractivity contribution < 1.29 is 4.52 Å². The summed E-state index contributed by atoms with van der Waals surface area (Å²) in [5.74, 6) is 2.96. The van der Waals surface area contributed by atoms with Crippen molar-refractivity contribution in [2.45, 2.75) is 65.5 Å². The van der Waals surface area contributed by atoms with Gasteiger partial charge < -0.3 is 15.2 Å². The molecule has 0 aromatic carbocycles. The van der Waals surface area contributed by atoms with E-state index >= 15 is 0 Å². The van der Waals surface area contributed by atoms with E-state index < -0.39 is 0 Å². The Balaban J connectivity index is 1.86. The van der Waals surface area contributed by atoms with E-state index in [0.29, 0.717) is 24.3 Å². The molecule has 0 amide bonds. The first-order valence-electron chi connectivity index (χ1n) is 8.05. The van der Waals surface area contributed by atoms with Gasteiger partial charge in [0.25, 0.3) is 0 Å². The molecule has 0 aliphatic heterocycles. The third kappa shape index (κ3) is 5.02. The maximum Gasteiger partial charge on any atom is 0.223 e. The molecule has 118 valence electrons. The van der Waals surface area contributed by atoms with Crippen molar-refractivity contribution in [1.82, 2.24) is 20.8 Å². The Bertz CT molecular complexity index is 449. The van der Waals surface area contributed by atoms with E-state index in [1.165, 1.54) is 32.1 Å². The molecular weight excluding hydrogens is 266 g/mol. The molecule has 2 rings (SSSR count). The summed E-state index contributed by atoms with van der Waals surface area (Å²) in [6.45, 7) is 7.44. The van der Waals surface area contributed by atoms with Gasteiger partial charge in [-0.1, -0.05) is 18.5 Å². The van der Waals surface area contributed by atoms with Gasteiger partial charge in [-0.3, -0.25) is 0 Å². The van der Waals surface area contributed by atoms with Crippen molar-refractivity contribution in [3.8, 4) is 0 Å². The monoisotopic (exact) mass is 293 g/mol. The van der Waals surface area contributed by atoms with Crippen LogP contribution in [0.1, 0.15) is 57.7 Å². The van der Waals surface area contributed by atoms with Crippen LogP contribution in [0.5, 0.6) is 0 Å². The van der Waals surface area contributed by atoms with Crippen molar-refractivity contribution in [3.63, 3.8) is 0 Å². The normalized spacial score (nSPS) is 23.1. The van der Waals surface area contributed by atoms with Gasteiger partial charge in [0.1, 0.15) is 6.54 Å². The third-order valence-electron chi connectivity index (χ3n) is 4.06. The van der Waals surface area contributed by atoms with Crippen LogP contribution in [0.15, 0.2) is 9.52 Å². The fourth-order valence-corrected chi connectivity index (χ4v) is 2.78. The van der Waals surface area contributed by atoms with Crippen molar-refractivity contribution >= 4 is 5.96 Å². The lowest BCUT2D eigenvalue weighted by molar-refractivity contribution is 0.304.